The van der Waals surface area contributed by atoms with Crippen molar-refractivity contribution < 1.29 is 9.66 Å². The molecule has 2 atom stereocenters. The highest BCUT2D eigenvalue weighted by atomic mass is 35.5. The number of halogens is 1. The van der Waals surface area contributed by atoms with Crippen molar-refractivity contribution in [2.24, 2.45) is 0 Å². The van der Waals surface area contributed by atoms with Crippen molar-refractivity contribution in [1.29, 1.82) is 0 Å². The number of nitro groups is 1. The predicted octanol–water partition coefficient (Wildman–Crippen LogP) is 3.24. The van der Waals surface area contributed by atoms with Crippen LogP contribution in [0.15, 0.2) is 42.5 Å². The smallest absolute Gasteiger partial charge is 0.311 e. The quantitative estimate of drug-likeness (QED) is 0.532. The summed E-state index contributed by atoms with van der Waals surface area (Å²) in [4.78, 5) is 14.7. The van der Waals surface area contributed by atoms with Gasteiger partial charge >= 0.3 is 5.69 Å². The van der Waals surface area contributed by atoms with E-state index in [1.165, 1.54) is 12.1 Å². The van der Waals surface area contributed by atoms with Gasteiger partial charge in [-0.1, -0.05) is 41.9 Å². The lowest BCUT2D eigenvalue weighted by molar-refractivity contribution is -0.384. The molecule has 2 heterocycles. The Bertz CT molecular complexity index is 681. The number of pyridine rings is 1. The fourth-order valence-corrected chi connectivity index (χ4v) is 2.73. The van der Waals surface area contributed by atoms with E-state index in [0.717, 1.165) is 5.56 Å². The Balaban J connectivity index is 1.86. The van der Waals surface area contributed by atoms with Crippen LogP contribution in [-0.4, -0.2) is 29.2 Å². The molecule has 0 spiro atoms. The largest absolute Gasteiger partial charge is 0.379 e. The second kappa shape index (κ2) is 6.29. The molecular weight excluding hydrogens is 306 g/mol. The first-order valence-electron chi connectivity index (χ1n) is 6.85. The second-order valence-electron chi connectivity index (χ2n) is 5.06. The highest BCUT2D eigenvalue weighted by Crippen LogP contribution is 2.31. The standard InChI is InChI=1S/C15H14ClN3O3/c16-14-7-6-13(19(20)21)15(18-14)17-12-9-22-8-11(12)10-4-2-1-3-5-10/h1-7,11-12H,8-9H2,(H,17,18)/t11-,12+/m0/s1. The summed E-state index contributed by atoms with van der Waals surface area (Å²) in [5, 5.41) is 14.4. The lowest BCUT2D eigenvalue weighted by atomic mass is 9.94. The summed E-state index contributed by atoms with van der Waals surface area (Å²) in [5.41, 5.74) is 1.03. The van der Waals surface area contributed by atoms with E-state index in [4.69, 9.17) is 16.3 Å². The maximum absolute atomic E-state index is 11.1. The summed E-state index contributed by atoms with van der Waals surface area (Å²) in [6.07, 6.45) is 0. The fraction of sp³-hybridized carbons (Fsp3) is 0.267. The maximum Gasteiger partial charge on any atom is 0.311 e. The first-order chi connectivity index (χ1) is 10.6. The van der Waals surface area contributed by atoms with Gasteiger partial charge in [-0.2, -0.15) is 0 Å². The maximum atomic E-state index is 11.1. The molecule has 0 bridgehead atoms. The minimum Gasteiger partial charge on any atom is -0.379 e. The molecule has 0 unspecified atom stereocenters. The minimum absolute atomic E-state index is 0.0907. The first kappa shape index (κ1) is 14.7. The van der Waals surface area contributed by atoms with Gasteiger partial charge in [-0.15, -0.1) is 0 Å². The SMILES string of the molecule is O=[N+]([O-])c1ccc(Cl)nc1N[C@@H]1COC[C@H]1c1ccccc1. The summed E-state index contributed by atoms with van der Waals surface area (Å²) in [6.45, 7) is 1.03. The Hall–Kier alpha value is -2.18. The number of hydrogen-bond acceptors (Lipinski definition) is 5. The van der Waals surface area contributed by atoms with Crippen molar-refractivity contribution in [3.63, 3.8) is 0 Å². The highest BCUT2D eigenvalue weighted by molar-refractivity contribution is 6.29. The van der Waals surface area contributed by atoms with Gasteiger partial charge in [0.05, 0.1) is 24.2 Å². The number of hydrogen-bond donors (Lipinski definition) is 1. The first-order valence-corrected chi connectivity index (χ1v) is 7.23. The van der Waals surface area contributed by atoms with Gasteiger partial charge in [0.2, 0.25) is 5.82 Å². The Morgan fingerprint density at radius 3 is 2.73 bits per heavy atom. The Morgan fingerprint density at radius 2 is 2.00 bits per heavy atom. The van der Waals surface area contributed by atoms with Crippen LogP contribution in [0, 0.1) is 10.1 Å². The summed E-state index contributed by atoms with van der Waals surface area (Å²) in [5.74, 6) is 0.288. The van der Waals surface area contributed by atoms with E-state index in [1.54, 1.807) is 0 Å². The molecule has 0 radical (unpaired) electrons. The van der Waals surface area contributed by atoms with Crippen LogP contribution in [0.3, 0.4) is 0 Å². The monoisotopic (exact) mass is 319 g/mol. The van der Waals surface area contributed by atoms with Gasteiger partial charge in [0.15, 0.2) is 0 Å². The lowest BCUT2D eigenvalue weighted by Gasteiger charge is -2.19. The van der Waals surface area contributed by atoms with Gasteiger partial charge in [0, 0.05) is 12.0 Å². The number of rotatable bonds is 4. The van der Waals surface area contributed by atoms with Crippen LogP contribution in [-0.2, 0) is 4.74 Å². The molecule has 1 fully saturated rings. The van der Waals surface area contributed by atoms with Crippen LogP contribution < -0.4 is 5.32 Å². The van der Waals surface area contributed by atoms with Gasteiger partial charge in [-0.3, -0.25) is 10.1 Å². The third kappa shape index (κ3) is 3.03. The van der Waals surface area contributed by atoms with Crippen LogP contribution in [0.1, 0.15) is 11.5 Å². The lowest BCUT2D eigenvalue weighted by Crippen LogP contribution is -2.27. The zero-order valence-corrected chi connectivity index (χ0v) is 12.4. The molecule has 1 aliphatic heterocycles. The molecule has 114 valence electrons. The van der Waals surface area contributed by atoms with Crippen molar-refractivity contribution in [3.05, 3.63) is 63.3 Å². The molecule has 3 rings (SSSR count). The van der Waals surface area contributed by atoms with E-state index in [-0.39, 0.29) is 28.6 Å². The van der Waals surface area contributed by atoms with Crippen molar-refractivity contribution in [2.45, 2.75) is 12.0 Å². The molecule has 0 amide bonds. The van der Waals surface area contributed by atoms with Crippen LogP contribution in [0.4, 0.5) is 11.5 Å². The van der Waals surface area contributed by atoms with Crippen molar-refractivity contribution in [3.8, 4) is 0 Å². The molecular formula is C15H14ClN3O3. The number of nitrogens with zero attached hydrogens (tertiary/aromatic N) is 2. The zero-order chi connectivity index (χ0) is 15.5. The van der Waals surface area contributed by atoms with E-state index in [2.05, 4.69) is 10.3 Å². The van der Waals surface area contributed by atoms with Crippen molar-refractivity contribution in [1.82, 2.24) is 4.98 Å². The molecule has 1 saturated heterocycles. The third-order valence-electron chi connectivity index (χ3n) is 3.67. The second-order valence-corrected chi connectivity index (χ2v) is 5.45. The Morgan fingerprint density at radius 1 is 1.23 bits per heavy atom. The van der Waals surface area contributed by atoms with Crippen LogP contribution in [0.2, 0.25) is 5.15 Å². The molecule has 1 aromatic heterocycles. The molecule has 1 aromatic carbocycles. The number of anilines is 1. The number of aromatic nitrogens is 1. The molecule has 0 saturated carbocycles. The Kier molecular flexibility index (Phi) is 4.22. The average molecular weight is 320 g/mol. The van der Waals surface area contributed by atoms with Gasteiger partial charge in [0.1, 0.15) is 5.15 Å². The van der Waals surface area contributed by atoms with Gasteiger partial charge in [-0.05, 0) is 11.6 Å². The summed E-state index contributed by atoms with van der Waals surface area (Å²) in [6, 6.07) is 12.6. The van der Waals surface area contributed by atoms with Crippen LogP contribution in [0.5, 0.6) is 0 Å². The average Bonchev–Trinajstić information content (AvgIpc) is 2.96. The van der Waals surface area contributed by atoms with Crippen LogP contribution in [0.25, 0.3) is 0 Å². The van der Waals surface area contributed by atoms with E-state index >= 15 is 0 Å². The molecule has 1 aliphatic rings. The third-order valence-corrected chi connectivity index (χ3v) is 3.88. The molecule has 22 heavy (non-hydrogen) atoms. The fourth-order valence-electron chi connectivity index (χ4n) is 2.58. The zero-order valence-electron chi connectivity index (χ0n) is 11.6. The minimum atomic E-state index is -0.473. The molecule has 2 aromatic rings. The Labute approximate surface area is 132 Å². The van der Waals surface area contributed by atoms with E-state index in [1.807, 2.05) is 30.3 Å². The van der Waals surface area contributed by atoms with Gasteiger partial charge < -0.3 is 10.1 Å². The summed E-state index contributed by atoms with van der Waals surface area (Å²) in [7, 11) is 0. The number of nitrogens with one attached hydrogen (secondary N) is 1. The number of ether oxygens (including phenoxy) is 1. The molecule has 0 aliphatic carbocycles. The molecule has 7 heteroatoms. The van der Waals surface area contributed by atoms with Gasteiger partial charge in [-0.25, -0.2) is 4.98 Å². The van der Waals surface area contributed by atoms with E-state index < -0.39 is 4.92 Å². The highest BCUT2D eigenvalue weighted by Gasteiger charge is 2.31. The van der Waals surface area contributed by atoms with E-state index in [9.17, 15) is 10.1 Å². The van der Waals surface area contributed by atoms with Gasteiger partial charge in [0.25, 0.3) is 0 Å². The topological polar surface area (TPSA) is 77.3 Å². The normalized spacial score (nSPS) is 20.8. The van der Waals surface area contributed by atoms with Crippen LogP contribution >= 0.6 is 11.6 Å². The predicted molar refractivity (Wildman–Crippen MR) is 83.3 cm³/mol. The molecule has 6 nitrogen and oxygen atoms in total. The number of benzene rings is 1. The van der Waals surface area contributed by atoms with Crippen molar-refractivity contribution in [2.75, 3.05) is 18.5 Å². The summed E-state index contributed by atoms with van der Waals surface area (Å²) >= 11 is 5.86. The summed E-state index contributed by atoms with van der Waals surface area (Å²) < 4.78 is 5.53. The van der Waals surface area contributed by atoms with Crippen molar-refractivity contribution >= 4 is 23.1 Å². The van der Waals surface area contributed by atoms with E-state index in [0.29, 0.717) is 13.2 Å². The molecule has 1 N–H and O–H groups in total.